The fourth-order valence-electron chi connectivity index (χ4n) is 1.48. The van der Waals surface area contributed by atoms with E-state index in [1.807, 2.05) is 24.3 Å². The monoisotopic (exact) mass is 268 g/mol. The number of Topliss-reactive ketones (excluding diaryl/α,β-unsaturated/α-hetero) is 1. The van der Waals surface area contributed by atoms with E-state index in [1.165, 1.54) is 6.42 Å². The second-order valence-electron chi connectivity index (χ2n) is 3.80. The maximum atomic E-state index is 11.7. The fourth-order valence-corrected chi connectivity index (χ4v) is 1.88. The Kier molecular flexibility index (Phi) is 3.54. The molecule has 15 heavy (non-hydrogen) atoms. The van der Waals surface area contributed by atoms with Crippen LogP contribution in [0.15, 0.2) is 28.7 Å². The Hall–Kier alpha value is -0.670. The zero-order valence-electron chi connectivity index (χ0n) is 8.41. The Morgan fingerprint density at radius 2 is 2.27 bits per heavy atom. The highest BCUT2D eigenvalue weighted by Gasteiger charge is 2.19. The molecule has 1 aromatic rings. The molecule has 1 aliphatic rings. The van der Waals surface area contributed by atoms with Gasteiger partial charge >= 0.3 is 0 Å². The van der Waals surface area contributed by atoms with Crippen molar-refractivity contribution in [2.75, 3.05) is 6.61 Å². The molecule has 0 aromatic heterocycles. The molecule has 0 bridgehead atoms. The van der Waals surface area contributed by atoms with E-state index >= 15 is 0 Å². The molecule has 0 N–H and O–H groups in total. The van der Waals surface area contributed by atoms with Gasteiger partial charge in [0.25, 0.3) is 0 Å². The first-order valence-corrected chi connectivity index (χ1v) is 5.95. The van der Waals surface area contributed by atoms with E-state index in [0.717, 1.165) is 17.3 Å². The normalized spacial score (nSPS) is 16.1. The Labute approximate surface area is 97.8 Å². The van der Waals surface area contributed by atoms with Gasteiger partial charge in [-0.05, 0) is 31.4 Å². The van der Waals surface area contributed by atoms with Crippen molar-refractivity contribution in [1.29, 1.82) is 0 Å². The van der Waals surface area contributed by atoms with E-state index in [1.54, 1.807) is 0 Å². The third kappa shape index (κ3) is 2.89. The number of halogens is 1. The van der Waals surface area contributed by atoms with Crippen LogP contribution in [0.1, 0.15) is 29.6 Å². The lowest BCUT2D eigenvalue weighted by atomic mass is 9.96. The molecule has 1 fully saturated rings. The van der Waals surface area contributed by atoms with Crippen molar-refractivity contribution in [2.24, 2.45) is 0 Å². The Morgan fingerprint density at radius 3 is 2.87 bits per heavy atom. The predicted octanol–water partition coefficient (Wildman–Crippen LogP) is 3.20. The molecule has 3 heteroatoms. The van der Waals surface area contributed by atoms with Crippen LogP contribution in [0.25, 0.3) is 0 Å². The van der Waals surface area contributed by atoms with Crippen molar-refractivity contribution >= 4 is 21.7 Å². The SMILES string of the molecule is O=C(COC1CCC1)c1cccc(Br)c1. The first-order valence-electron chi connectivity index (χ1n) is 5.16. The van der Waals surface area contributed by atoms with Gasteiger partial charge in [-0.3, -0.25) is 4.79 Å². The Balaban J connectivity index is 1.89. The van der Waals surface area contributed by atoms with Gasteiger partial charge in [-0.25, -0.2) is 0 Å². The summed E-state index contributed by atoms with van der Waals surface area (Å²) in [5, 5.41) is 0. The minimum absolute atomic E-state index is 0.0585. The van der Waals surface area contributed by atoms with Crippen molar-refractivity contribution in [2.45, 2.75) is 25.4 Å². The summed E-state index contributed by atoms with van der Waals surface area (Å²) in [4.78, 5) is 11.7. The predicted molar refractivity (Wildman–Crippen MR) is 62.1 cm³/mol. The van der Waals surface area contributed by atoms with Gasteiger partial charge in [0.1, 0.15) is 6.61 Å². The van der Waals surface area contributed by atoms with E-state index < -0.39 is 0 Å². The van der Waals surface area contributed by atoms with E-state index in [0.29, 0.717) is 11.7 Å². The van der Waals surface area contributed by atoms with Gasteiger partial charge in [0, 0.05) is 10.0 Å². The molecule has 0 radical (unpaired) electrons. The molecule has 0 heterocycles. The number of carbonyl (C=O) groups is 1. The first-order chi connectivity index (χ1) is 7.25. The smallest absolute Gasteiger partial charge is 0.188 e. The maximum absolute atomic E-state index is 11.7. The summed E-state index contributed by atoms with van der Waals surface area (Å²) in [6.07, 6.45) is 3.76. The molecule has 0 aliphatic heterocycles. The first kappa shape index (κ1) is 10.8. The number of ether oxygens (including phenoxy) is 1. The quantitative estimate of drug-likeness (QED) is 0.784. The number of ketones is 1. The van der Waals surface area contributed by atoms with Crippen LogP contribution >= 0.6 is 15.9 Å². The Bertz CT molecular complexity index is 358. The van der Waals surface area contributed by atoms with Crippen LogP contribution < -0.4 is 0 Å². The van der Waals surface area contributed by atoms with Crippen LogP contribution in [-0.2, 0) is 4.74 Å². The molecule has 0 saturated heterocycles. The molecular formula is C12H13BrO2. The maximum Gasteiger partial charge on any atom is 0.188 e. The zero-order valence-corrected chi connectivity index (χ0v) is 10.00. The van der Waals surface area contributed by atoms with Crippen LogP contribution in [0.2, 0.25) is 0 Å². The summed E-state index contributed by atoms with van der Waals surface area (Å²) in [5.74, 6) is 0.0585. The average molecular weight is 269 g/mol. The molecule has 0 spiro atoms. The van der Waals surface area contributed by atoms with E-state index in [9.17, 15) is 4.79 Å². The molecule has 1 aliphatic carbocycles. The largest absolute Gasteiger partial charge is 0.370 e. The zero-order chi connectivity index (χ0) is 10.7. The van der Waals surface area contributed by atoms with Crippen molar-refractivity contribution in [3.8, 4) is 0 Å². The van der Waals surface area contributed by atoms with Crippen LogP contribution in [0, 0.1) is 0 Å². The van der Waals surface area contributed by atoms with Gasteiger partial charge in [-0.15, -0.1) is 0 Å². The van der Waals surface area contributed by atoms with Crippen LogP contribution in [-0.4, -0.2) is 18.5 Å². The van der Waals surface area contributed by atoms with Gasteiger partial charge < -0.3 is 4.74 Å². The van der Waals surface area contributed by atoms with E-state index in [-0.39, 0.29) is 12.4 Å². The molecule has 0 amide bonds. The third-order valence-electron chi connectivity index (χ3n) is 2.65. The van der Waals surface area contributed by atoms with Crippen molar-refractivity contribution < 1.29 is 9.53 Å². The molecule has 1 aromatic carbocycles. The molecule has 0 unspecified atom stereocenters. The summed E-state index contributed by atoms with van der Waals surface area (Å²) in [6, 6.07) is 7.41. The molecule has 2 nitrogen and oxygen atoms in total. The second-order valence-corrected chi connectivity index (χ2v) is 4.71. The lowest BCUT2D eigenvalue weighted by Gasteiger charge is -2.25. The van der Waals surface area contributed by atoms with Crippen LogP contribution in [0.4, 0.5) is 0 Å². The van der Waals surface area contributed by atoms with Crippen molar-refractivity contribution in [3.05, 3.63) is 34.3 Å². The van der Waals surface area contributed by atoms with Gasteiger partial charge in [0.2, 0.25) is 0 Å². The highest BCUT2D eigenvalue weighted by Crippen LogP contribution is 2.22. The topological polar surface area (TPSA) is 26.3 Å². The Morgan fingerprint density at radius 1 is 1.47 bits per heavy atom. The van der Waals surface area contributed by atoms with Crippen molar-refractivity contribution in [3.63, 3.8) is 0 Å². The van der Waals surface area contributed by atoms with Crippen molar-refractivity contribution in [1.82, 2.24) is 0 Å². The fraction of sp³-hybridized carbons (Fsp3) is 0.417. The van der Waals surface area contributed by atoms with Crippen LogP contribution in [0.5, 0.6) is 0 Å². The number of hydrogen-bond donors (Lipinski definition) is 0. The van der Waals surface area contributed by atoms with Gasteiger partial charge in [-0.1, -0.05) is 28.1 Å². The summed E-state index contributed by atoms with van der Waals surface area (Å²) in [5.41, 5.74) is 0.712. The number of benzene rings is 1. The van der Waals surface area contributed by atoms with E-state index in [2.05, 4.69) is 15.9 Å². The molecule has 80 valence electrons. The minimum Gasteiger partial charge on any atom is -0.370 e. The number of carbonyl (C=O) groups excluding carboxylic acids is 1. The van der Waals surface area contributed by atoms with Gasteiger partial charge in [0.15, 0.2) is 5.78 Å². The molecule has 2 rings (SSSR count). The molecule has 0 atom stereocenters. The summed E-state index contributed by atoms with van der Waals surface area (Å²) >= 11 is 3.34. The molecular weight excluding hydrogens is 256 g/mol. The number of hydrogen-bond acceptors (Lipinski definition) is 2. The van der Waals surface area contributed by atoms with Crippen LogP contribution in [0.3, 0.4) is 0 Å². The highest BCUT2D eigenvalue weighted by atomic mass is 79.9. The lowest BCUT2D eigenvalue weighted by molar-refractivity contribution is 0.00731. The van der Waals surface area contributed by atoms with Gasteiger partial charge in [0.05, 0.1) is 6.10 Å². The second kappa shape index (κ2) is 4.90. The summed E-state index contributed by atoms with van der Waals surface area (Å²) in [6.45, 7) is 0.209. The van der Waals surface area contributed by atoms with E-state index in [4.69, 9.17) is 4.74 Å². The third-order valence-corrected chi connectivity index (χ3v) is 3.14. The number of rotatable bonds is 4. The summed E-state index contributed by atoms with van der Waals surface area (Å²) < 4.78 is 6.40. The van der Waals surface area contributed by atoms with Gasteiger partial charge in [-0.2, -0.15) is 0 Å². The lowest BCUT2D eigenvalue weighted by Crippen LogP contribution is -2.24. The molecule has 1 saturated carbocycles. The summed E-state index contributed by atoms with van der Waals surface area (Å²) in [7, 11) is 0. The highest BCUT2D eigenvalue weighted by molar-refractivity contribution is 9.10. The minimum atomic E-state index is 0.0585. The average Bonchev–Trinajstić information content (AvgIpc) is 2.15. The standard InChI is InChI=1S/C12H13BrO2/c13-10-4-1-3-9(7-10)12(14)8-15-11-5-2-6-11/h1,3-4,7,11H,2,5-6,8H2.